The van der Waals surface area contributed by atoms with Crippen molar-refractivity contribution in [3.8, 4) is 0 Å². The van der Waals surface area contributed by atoms with Gasteiger partial charge in [0.1, 0.15) is 5.58 Å². The lowest BCUT2D eigenvalue weighted by Crippen LogP contribution is -2.65. The number of fused-ring (bicyclic) bond motifs is 6. The Morgan fingerprint density at radius 1 is 0.960 bits per heavy atom. The van der Waals surface area contributed by atoms with Crippen molar-refractivity contribution in [1.29, 1.82) is 0 Å². The minimum absolute atomic E-state index is 0.245. The van der Waals surface area contributed by atoms with Gasteiger partial charge in [0.15, 0.2) is 5.58 Å². The molecular formula is C23H27NO. The molecule has 1 unspecified atom stereocenters. The van der Waals surface area contributed by atoms with Gasteiger partial charge in [-0.1, -0.05) is 37.3 Å². The first-order chi connectivity index (χ1) is 11.9. The number of rotatable bonds is 1. The Balaban J connectivity index is 1.81. The topological polar surface area (TPSA) is 16.4 Å². The van der Waals surface area contributed by atoms with Crippen LogP contribution in [0.3, 0.4) is 0 Å². The molecule has 2 aromatic carbocycles. The molecular weight excluding hydrogens is 306 g/mol. The summed E-state index contributed by atoms with van der Waals surface area (Å²) in [5.74, 6) is 0. The highest BCUT2D eigenvalue weighted by Gasteiger charge is 2.53. The Hall–Kier alpha value is -1.96. The SMILES string of the molecule is Cc1ccc2c(oc3ccccc32)c1N1C(C)C2(C)CCC1(C)CC2. The number of hydrogen-bond acceptors (Lipinski definition) is 2. The summed E-state index contributed by atoms with van der Waals surface area (Å²) >= 11 is 0. The van der Waals surface area contributed by atoms with Crippen molar-refractivity contribution in [2.45, 2.75) is 65.0 Å². The van der Waals surface area contributed by atoms with Gasteiger partial charge in [0.25, 0.3) is 0 Å². The molecule has 1 saturated carbocycles. The van der Waals surface area contributed by atoms with Crippen molar-refractivity contribution in [3.05, 3.63) is 42.0 Å². The summed E-state index contributed by atoms with van der Waals surface area (Å²) in [7, 11) is 0. The van der Waals surface area contributed by atoms with Crippen LogP contribution in [0, 0.1) is 12.3 Å². The normalized spacial score (nSPS) is 32.0. The molecule has 3 aliphatic rings. The van der Waals surface area contributed by atoms with Gasteiger partial charge in [-0.3, -0.25) is 0 Å². The van der Waals surface area contributed by atoms with Crippen LogP contribution in [0.15, 0.2) is 40.8 Å². The van der Waals surface area contributed by atoms with Crippen LogP contribution in [0.2, 0.25) is 0 Å². The van der Waals surface area contributed by atoms with Crippen molar-refractivity contribution in [2.75, 3.05) is 4.90 Å². The van der Waals surface area contributed by atoms with Crippen LogP contribution in [-0.4, -0.2) is 11.6 Å². The van der Waals surface area contributed by atoms with Gasteiger partial charge >= 0.3 is 0 Å². The summed E-state index contributed by atoms with van der Waals surface area (Å²) in [5, 5.41) is 2.48. The molecule has 0 N–H and O–H groups in total. The number of furan rings is 1. The second-order valence-electron chi connectivity index (χ2n) is 8.90. The molecule has 6 rings (SSSR count). The zero-order valence-corrected chi connectivity index (χ0v) is 15.7. The highest BCUT2D eigenvalue weighted by molar-refractivity contribution is 6.09. The predicted molar refractivity (Wildman–Crippen MR) is 105 cm³/mol. The van der Waals surface area contributed by atoms with E-state index in [1.54, 1.807) is 0 Å². The smallest absolute Gasteiger partial charge is 0.158 e. The van der Waals surface area contributed by atoms with Crippen LogP contribution in [0.25, 0.3) is 21.9 Å². The number of anilines is 1. The van der Waals surface area contributed by atoms with Crippen molar-refractivity contribution >= 4 is 27.6 Å². The van der Waals surface area contributed by atoms with Crippen molar-refractivity contribution in [2.24, 2.45) is 5.41 Å². The lowest BCUT2D eigenvalue weighted by Gasteiger charge is -2.63. The van der Waals surface area contributed by atoms with Gasteiger partial charge in [-0.2, -0.15) is 0 Å². The number of benzene rings is 2. The maximum absolute atomic E-state index is 6.41. The van der Waals surface area contributed by atoms with Crippen LogP contribution >= 0.6 is 0 Å². The Kier molecular flexibility index (Phi) is 2.94. The molecule has 0 spiro atoms. The van der Waals surface area contributed by atoms with Crippen LogP contribution in [0.5, 0.6) is 0 Å². The zero-order chi connectivity index (χ0) is 17.4. The van der Waals surface area contributed by atoms with Gasteiger partial charge in [-0.15, -0.1) is 0 Å². The van der Waals surface area contributed by atoms with E-state index in [1.165, 1.54) is 47.7 Å². The highest BCUT2D eigenvalue weighted by atomic mass is 16.3. The number of nitrogens with zero attached hydrogens (tertiary/aromatic N) is 1. The first kappa shape index (κ1) is 15.3. The largest absolute Gasteiger partial charge is 0.454 e. The predicted octanol–water partition coefficient (Wildman–Crippen LogP) is 6.44. The maximum Gasteiger partial charge on any atom is 0.158 e. The van der Waals surface area contributed by atoms with E-state index in [0.29, 0.717) is 11.5 Å². The molecule has 2 bridgehead atoms. The van der Waals surface area contributed by atoms with Crippen molar-refractivity contribution in [3.63, 3.8) is 0 Å². The first-order valence-electron chi connectivity index (χ1n) is 9.63. The van der Waals surface area contributed by atoms with E-state index in [9.17, 15) is 0 Å². The van der Waals surface area contributed by atoms with E-state index >= 15 is 0 Å². The summed E-state index contributed by atoms with van der Waals surface area (Å²) in [6.07, 6.45) is 5.25. The van der Waals surface area contributed by atoms with Crippen molar-refractivity contribution in [1.82, 2.24) is 0 Å². The lowest BCUT2D eigenvalue weighted by molar-refractivity contribution is 0.0510. The second-order valence-corrected chi connectivity index (χ2v) is 8.90. The van der Waals surface area contributed by atoms with Gasteiger partial charge in [0.05, 0.1) is 5.69 Å². The Bertz CT molecular complexity index is 974. The number of aryl methyl sites for hydroxylation is 1. The molecule has 25 heavy (non-hydrogen) atoms. The highest BCUT2D eigenvalue weighted by Crippen LogP contribution is 2.56. The minimum atomic E-state index is 0.245. The Morgan fingerprint density at radius 3 is 2.44 bits per heavy atom. The van der Waals surface area contributed by atoms with Gasteiger partial charge < -0.3 is 9.32 Å². The van der Waals surface area contributed by atoms with Crippen molar-refractivity contribution < 1.29 is 4.42 Å². The number of hydrogen-bond donors (Lipinski definition) is 0. The van der Waals surface area contributed by atoms with Crippen LogP contribution < -0.4 is 4.90 Å². The second kappa shape index (κ2) is 4.81. The quantitative estimate of drug-likeness (QED) is 0.509. The lowest BCUT2D eigenvalue weighted by atomic mass is 9.59. The Labute approximate surface area is 149 Å². The van der Waals surface area contributed by atoms with E-state index < -0.39 is 0 Å². The van der Waals surface area contributed by atoms with Crippen LogP contribution in [-0.2, 0) is 0 Å². The van der Waals surface area contributed by atoms with Gasteiger partial charge in [0, 0.05) is 22.4 Å². The molecule has 2 saturated heterocycles. The standard InChI is InChI=1S/C23H27NO/c1-15-9-10-18-17-7-5-6-8-19(17)25-21(18)20(15)24-16(2)22(3)11-13-23(24,4)14-12-22/h5-10,16H,11-14H2,1-4H3. The average molecular weight is 333 g/mol. The molecule has 2 nitrogen and oxygen atoms in total. The molecule has 3 heterocycles. The molecule has 0 amide bonds. The minimum Gasteiger partial charge on any atom is -0.454 e. The fourth-order valence-electron chi connectivity index (χ4n) is 5.43. The monoisotopic (exact) mass is 333 g/mol. The summed E-state index contributed by atoms with van der Waals surface area (Å²) in [6.45, 7) is 9.61. The van der Waals surface area contributed by atoms with E-state index in [4.69, 9.17) is 4.42 Å². The van der Waals surface area contributed by atoms with Crippen LogP contribution in [0.1, 0.15) is 52.0 Å². The third-order valence-electron chi connectivity index (χ3n) is 7.41. The van der Waals surface area contributed by atoms with E-state index in [-0.39, 0.29) is 5.54 Å². The summed E-state index contributed by atoms with van der Waals surface area (Å²) < 4.78 is 6.41. The third kappa shape index (κ3) is 1.91. The molecule has 2 aliphatic heterocycles. The summed E-state index contributed by atoms with van der Waals surface area (Å²) in [4.78, 5) is 2.72. The molecule has 2 heteroatoms. The maximum atomic E-state index is 6.41. The Morgan fingerprint density at radius 2 is 1.68 bits per heavy atom. The van der Waals surface area contributed by atoms with E-state index in [1.807, 2.05) is 0 Å². The molecule has 1 atom stereocenters. The zero-order valence-electron chi connectivity index (χ0n) is 15.7. The number of para-hydroxylation sites is 1. The average Bonchev–Trinajstić information content (AvgIpc) is 2.97. The van der Waals surface area contributed by atoms with Crippen LogP contribution in [0.4, 0.5) is 5.69 Å². The first-order valence-corrected chi connectivity index (χ1v) is 9.63. The fourth-order valence-corrected chi connectivity index (χ4v) is 5.43. The summed E-state index contributed by atoms with van der Waals surface area (Å²) in [6, 6.07) is 13.5. The molecule has 1 aromatic heterocycles. The summed E-state index contributed by atoms with van der Waals surface area (Å²) in [5.41, 5.74) is 5.39. The van der Waals surface area contributed by atoms with E-state index in [0.717, 1.165) is 11.2 Å². The third-order valence-corrected chi connectivity index (χ3v) is 7.41. The van der Waals surface area contributed by atoms with Gasteiger partial charge in [-0.05, 0) is 63.5 Å². The fraction of sp³-hybridized carbons (Fsp3) is 0.478. The van der Waals surface area contributed by atoms with Gasteiger partial charge in [0.2, 0.25) is 0 Å². The molecule has 3 aromatic rings. The molecule has 3 fully saturated rings. The molecule has 130 valence electrons. The molecule has 1 aliphatic carbocycles. The van der Waals surface area contributed by atoms with Gasteiger partial charge in [-0.25, -0.2) is 0 Å². The van der Waals surface area contributed by atoms with E-state index in [2.05, 4.69) is 69.0 Å². The molecule has 0 radical (unpaired) electrons. The number of piperidine rings is 2.